The van der Waals surface area contributed by atoms with E-state index in [1.807, 2.05) is 24.3 Å². The molecule has 0 aliphatic heterocycles. The smallest absolute Gasteiger partial charge is 0.0629 e. The second-order valence-corrected chi connectivity index (χ2v) is 8.82. The summed E-state index contributed by atoms with van der Waals surface area (Å²) in [6.45, 7) is 8.04. The molecule has 0 fully saturated rings. The zero-order valence-corrected chi connectivity index (χ0v) is 17.8. The number of aromatic nitrogens is 1. The van der Waals surface area contributed by atoms with Crippen LogP contribution in [-0.2, 0) is 5.41 Å². The molecule has 0 amide bonds. The maximum Gasteiger partial charge on any atom is 0.0629 e. The van der Waals surface area contributed by atoms with Crippen LogP contribution < -0.4 is 0 Å². The SMILES string of the molecule is [2H]c1c([2H])c(-c2cccc(-n3c4ccccc4c4ccccc43)c2C(C)(C)C)c([2H])c([2H])c1C. The minimum Gasteiger partial charge on any atom is -0.309 e. The summed E-state index contributed by atoms with van der Waals surface area (Å²) in [7, 11) is 0. The van der Waals surface area contributed by atoms with E-state index in [1.165, 1.54) is 10.8 Å². The van der Waals surface area contributed by atoms with Crippen LogP contribution in [0.25, 0.3) is 38.6 Å². The van der Waals surface area contributed by atoms with Gasteiger partial charge in [-0.25, -0.2) is 0 Å². The van der Waals surface area contributed by atoms with Crippen molar-refractivity contribution in [3.05, 3.63) is 102 Å². The molecule has 30 heavy (non-hydrogen) atoms. The first-order valence-electron chi connectivity index (χ1n) is 12.3. The minimum absolute atomic E-state index is 0.00312. The number of rotatable bonds is 2. The van der Waals surface area contributed by atoms with Crippen LogP contribution in [0, 0.1) is 6.92 Å². The Kier molecular flexibility index (Phi) is 3.36. The van der Waals surface area contributed by atoms with E-state index in [0.29, 0.717) is 11.1 Å². The van der Waals surface area contributed by atoms with Crippen molar-refractivity contribution in [1.82, 2.24) is 4.57 Å². The van der Waals surface area contributed by atoms with Gasteiger partial charge in [0.25, 0.3) is 0 Å². The molecule has 0 aliphatic carbocycles. The molecule has 0 aliphatic rings. The van der Waals surface area contributed by atoms with Crippen molar-refractivity contribution < 1.29 is 5.48 Å². The van der Waals surface area contributed by atoms with Gasteiger partial charge in [-0.2, -0.15) is 0 Å². The zero-order valence-electron chi connectivity index (χ0n) is 21.8. The average molecular weight is 394 g/mol. The Morgan fingerprint density at radius 1 is 0.700 bits per heavy atom. The number of benzene rings is 4. The largest absolute Gasteiger partial charge is 0.309 e. The molecular weight excluding hydrogens is 362 g/mol. The molecule has 0 bridgehead atoms. The third kappa shape index (κ3) is 2.93. The average Bonchev–Trinajstić information content (AvgIpc) is 3.15. The van der Waals surface area contributed by atoms with Crippen LogP contribution in [-0.4, -0.2) is 4.57 Å². The number of para-hydroxylation sites is 2. The van der Waals surface area contributed by atoms with Crippen molar-refractivity contribution in [3.8, 4) is 16.8 Å². The summed E-state index contributed by atoms with van der Waals surface area (Å²) >= 11 is 0. The first kappa shape index (κ1) is 14.6. The van der Waals surface area contributed by atoms with Gasteiger partial charge in [-0.05, 0) is 47.2 Å². The summed E-state index contributed by atoms with van der Waals surface area (Å²) in [5.74, 6) is 0. The van der Waals surface area contributed by atoms with E-state index < -0.39 is 0 Å². The topological polar surface area (TPSA) is 4.93 Å². The third-order valence-electron chi connectivity index (χ3n) is 5.63. The fraction of sp³-hybridized carbons (Fsp3) is 0.172. The van der Waals surface area contributed by atoms with Crippen LogP contribution in [0.1, 0.15) is 37.4 Å². The molecule has 1 nitrogen and oxygen atoms in total. The molecule has 0 saturated heterocycles. The monoisotopic (exact) mass is 393 g/mol. The fourth-order valence-corrected chi connectivity index (χ4v) is 4.41. The Hall–Kier alpha value is -3.32. The van der Waals surface area contributed by atoms with Gasteiger partial charge in [-0.15, -0.1) is 0 Å². The van der Waals surface area contributed by atoms with Gasteiger partial charge in [0.15, 0.2) is 0 Å². The lowest BCUT2D eigenvalue weighted by molar-refractivity contribution is 0.589. The van der Waals surface area contributed by atoms with Gasteiger partial charge in [-0.3, -0.25) is 0 Å². The molecule has 0 N–H and O–H groups in total. The minimum atomic E-state index is -0.327. The van der Waals surface area contributed by atoms with Crippen LogP contribution in [0.2, 0.25) is 0 Å². The van der Waals surface area contributed by atoms with E-state index in [2.05, 4.69) is 67.8 Å². The van der Waals surface area contributed by atoms with Gasteiger partial charge in [0.2, 0.25) is 0 Å². The van der Waals surface area contributed by atoms with Gasteiger partial charge in [0.1, 0.15) is 0 Å². The lowest BCUT2D eigenvalue weighted by Crippen LogP contribution is -2.17. The summed E-state index contributed by atoms with van der Waals surface area (Å²) in [6.07, 6.45) is 0. The van der Waals surface area contributed by atoms with E-state index in [-0.39, 0.29) is 29.6 Å². The number of fused-ring (bicyclic) bond motifs is 3. The number of hydrogen-bond acceptors (Lipinski definition) is 0. The highest BCUT2D eigenvalue weighted by Crippen LogP contribution is 2.41. The molecule has 0 saturated carbocycles. The highest BCUT2D eigenvalue weighted by atomic mass is 15.0. The first-order valence-corrected chi connectivity index (χ1v) is 10.3. The highest BCUT2D eigenvalue weighted by Gasteiger charge is 2.25. The van der Waals surface area contributed by atoms with E-state index in [9.17, 15) is 0 Å². The highest BCUT2D eigenvalue weighted by molar-refractivity contribution is 6.09. The molecule has 4 aromatic carbocycles. The van der Waals surface area contributed by atoms with E-state index in [1.54, 1.807) is 6.92 Å². The van der Waals surface area contributed by atoms with E-state index in [0.717, 1.165) is 27.8 Å². The molecular formula is C29H27N. The molecule has 1 heterocycles. The molecule has 5 rings (SSSR count). The Bertz CT molecular complexity index is 1510. The molecule has 0 atom stereocenters. The second kappa shape index (κ2) is 6.88. The molecule has 1 aromatic heterocycles. The molecule has 0 spiro atoms. The van der Waals surface area contributed by atoms with E-state index >= 15 is 0 Å². The van der Waals surface area contributed by atoms with Crippen LogP contribution >= 0.6 is 0 Å². The quantitative estimate of drug-likeness (QED) is 0.286. The number of hydrogen-bond donors (Lipinski definition) is 0. The summed E-state index contributed by atoms with van der Waals surface area (Å²) in [5, 5.41) is 2.34. The molecule has 0 unspecified atom stereocenters. The Labute approximate surface area is 184 Å². The normalized spacial score (nSPS) is 13.9. The molecule has 148 valence electrons. The van der Waals surface area contributed by atoms with Crippen LogP contribution in [0.15, 0.2) is 90.9 Å². The molecule has 0 radical (unpaired) electrons. The standard InChI is InChI=1S/C29H27N/c1-20-16-18-21(19-17-20)22-12-9-15-27(28(22)29(2,3)4)30-25-13-7-5-10-23(25)24-11-6-8-14-26(24)30/h5-19H,1-4H3/i16D,17D,18D,19D. The predicted molar refractivity (Wildman–Crippen MR) is 130 cm³/mol. The summed E-state index contributed by atoms with van der Waals surface area (Å²) in [4.78, 5) is 0. The second-order valence-electron chi connectivity index (χ2n) is 8.82. The van der Waals surface area contributed by atoms with Crippen molar-refractivity contribution in [1.29, 1.82) is 0 Å². The Balaban J connectivity index is 1.96. The predicted octanol–water partition coefficient (Wildman–Crippen LogP) is 8.06. The van der Waals surface area contributed by atoms with Crippen LogP contribution in [0.5, 0.6) is 0 Å². The van der Waals surface area contributed by atoms with Crippen molar-refractivity contribution in [2.24, 2.45) is 0 Å². The zero-order chi connectivity index (χ0) is 24.4. The summed E-state index contributed by atoms with van der Waals surface area (Å²) in [6, 6.07) is 22.7. The van der Waals surface area contributed by atoms with Crippen LogP contribution in [0.3, 0.4) is 0 Å². The van der Waals surface area contributed by atoms with E-state index in [4.69, 9.17) is 5.48 Å². The Morgan fingerprint density at radius 3 is 1.83 bits per heavy atom. The van der Waals surface area contributed by atoms with Crippen molar-refractivity contribution in [2.45, 2.75) is 33.1 Å². The van der Waals surface area contributed by atoms with Gasteiger partial charge in [-0.1, -0.05) is 99.0 Å². The lowest BCUT2D eigenvalue weighted by atomic mass is 9.80. The van der Waals surface area contributed by atoms with Gasteiger partial charge in [0.05, 0.1) is 22.2 Å². The summed E-state index contributed by atoms with van der Waals surface area (Å²) < 4.78 is 36.5. The van der Waals surface area contributed by atoms with Gasteiger partial charge in [0, 0.05) is 10.8 Å². The van der Waals surface area contributed by atoms with Gasteiger partial charge >= 0.3 is 0 Å². The fourth-order valence-electron chi connectivity index (χ4n) is 4.41. The number of nitrogens with zero attached hydrogens (tertiary/aromatic N) is 1. The molecule has 5 aromatic rings. The van der Waals surface area contributed by atoms with Crippen molar-refractivity contribution in [2.75, 3.05) is 0 Å². The van der Waals surface area contributed by atoms with Gasteiger partial charge < -0.3 is 4.57 Å². The summed E-state index contributed by atoms with van der Waals surface area (Å²) in [5.41, 5.74) is 5.30. The lowest BCUT2D eigenvalue weighted by Gasteiger charge is -2.28. The molecule has 1 heteroatoms. The first-order chi connectivity index (χ1) is 16.1. The van der Waals surface area contributed by atoms with Crippen molar-refractivity contribution >= 4 is 21.8 Å². The Morgan fingerprint density at radius 2 is 1.27 bits per heavy atom. The van der Waals surface area contributed by atoms with Crippen molar-refractivity contribution in [3.63, 3.8) is 0 Å². The van der Waals surface area contributed by atoms with Crippen LogP contribution in [0.4, 0.5) is 0 Å². The maximum atomic E-state index is 8.72. The maximum absolute atomic E-state index is 8.72. The third-order valence-corrected chi connectivity index (χ3v) is 5.63.